The standard InChI is InChI=1S/C17H16F2N2O2/c1-2-23-17(22)15-14-9-3-4-10(7-9)16(14)21(20-15)13-6-5-11(18)8-12(13)19/h5-6,8-10H,2-4,7H2,1H3. The quantitative estimate of drug-likeness (QED) is 0.811. The number of hydrogen-bond acceptors (Lipinski definition) is 3. The lowest BCUT2D eigenvalue weighted by Gasteiger charge is -2.14. The van der Waals surface area contributed by atoms with Gasteiger partial charge in [-0.3, -0.25) is 0 Å². The fraction of sp³-hybridized carbons (Fsp3) is 0.412. The van der Waals surface area contributed by atoms with Crippen LogP contribution in [-0.2, 0) is 4.74 Å². The van der Waals surface area contributed by atoms with Crippen molar-refractivity contribution in [1.29, 1.82) is 0 Å². The van der Waals surface area contributed by atoms with Gasteiger partial charge in [0.1, 0.15) is 11.5 Å². The summed E-state index contributed by atoms with van der Waals surface area (Å²) < 4.78 is 33.9. The number of aromatic nitrogens is 2. The van der Waals surface area contributed by atoms with Crippen LogP contribution in [-0.4, -0.2) is 22.4 Å². The molecule has 0 N–H and O–H groups in total. The summed E-state index contributed by atoms with van der Waals surface area (Å²) in [5, 5.41) is 4.33. The fourth-order valence-corrected chi connectivity index (χ4v) is 3.92. The minimum atomic E-state index is -0.687. The van der Waals surface area contributed by atoms with Crippen molar-refractivity contribution in [3.05, 3.63) is 46.8 Å². The van der Waals surface area contributed by atoms with E-state index in [1.807, 2.05) is 0 Å². The molecule has 1 fully saturated rings. The van der Waals surface area contributed by atoms with Crippen LogP contribution >= 0.6 is 0 Å². The summed E-state index contributed by atoms with van der Waals surface area (Å²) in [6.07, 6.45) is 2.98. The number of halogens is 2. The van der Waals surface area contributed by atoms with E-state index < -0.39 is 17.6 Å². The zero-order valence-corrected chi connectivity index (χ0v) is 12.7. The Morgan fingerprint density at radius 2 is 2.13 bits per heavy atom. The molecule has 0 aliphatic heterocycles. The van der Waals surface area contributed by atoms with E-state index in [1.54, 1.807) is 6.92 Å². The van der Waals surface area contributed by atoms with Crippen LogP contribution < -0.4 is 0 Å². The molecule has 4 nitrogen and oxygen atoms in total. The molecule has 23 heavy (non-hydrogen) atoms. The summed E-state index contributed by atoms with van der Waals surface area (Å²) in [6.45, 7) is 2.00. The largest absolute Gasteiger partial charge is 0.461 e. The summed E-state index contributed by atoms with van der Waals surface area (Å²) in [7, 11) is 0. The summed E-state index contributed by atoms with van der Waals surface area (Å²) in [4.78, 5) is 12.2. The molecule has 2 atom stereocenters. The number of rotatable bonds is 3. The molecule has 2 unspecified atom stereocenters. The highest BCUT2D eigenvalue weighted by Crippen LogP contribution is 2.54. The molecule has 2 aromatic rings. The lowest BCUT2D eigenvalue weighted by Crippen LogP contribution is -2.10. The Morgan fingerprint density at radius 1 is 1.35 bits per heavy atom. The molecule has 0 spiro atoms. The van der Waals surface area contributed by atoms with Crippen LogP contribution in [0.15, 0.2) is 18.2 Å². The average Bonchev–Trinajstić information content (AvgIpc) is 3.19. The zero-order chi connectivity index (χ0) is 16.1. The molecule has 4 rings (SSSR count). The molecule has 1 heterocycles. The molecule has 0 saturated heterocycles. The summed E-state index contributed by atoms with van der Waals surface area (Å²) in [5.74, 6) is -1.24. The topological polar surface area (TPSA) is 44.1 Å². The van der Waals surface area contributed by atoms with Crippen LogP contribution in [0.2, 0.25) is 0 Å². The summed E-state index contributed by atoms with van der Waals surface area (Å²) >= 11 is 0. The molecule has 1 saturated carbocycles. The molecular weight excluding hydrogens is 302 g/mol. The van der Waals surface area contributed by atoms with Crippen LogP contribution in [0, 0.1) is 11.6 Å². The maximum Gasteiger partial charge on any atom is 0.359 e. The van der Waals surface area contributed by atoms with Crippen molar-refractivity contribution >= 4 is 5.97 Å². The summed E-state index contributed by atoms with van der Waals surface area (Å²) in [6, 6.07) is 3.39. The maximum absolute atomic E-state index is 14.2. The number of hydrogen-bond donors (Lipinski definition) is 0. The van der Waals surface area contributed by atoms with Gasteiger partial charge in [-0.25, -0.2) is 18.3 Å². The van der Waals surface area contributed by atoms with E-state index in [-0.39, 0.29) is 29.8 Å². The Kier molecular flexibility index (Phi) is 3.21. The predicted octanol–water partition coefficient (Wildman–Crippen LogP) is 3.69. The highest BCUT2D eigenvalue weighted by molar-refractivity contribution is 5.90. The molecule has 1 aromatic heterocycles. The van der Waals surface area contributed by atoms with Gasteiger partial charge < -0.3 is 4.74 Å². The molecule has 2 aliphatic rings. The minimum Gasteiger partial charge on any atom is -0.461 e. The van der Waals surface area contributed by atoms with E-state index in [4.69, 9.17) is 4.74 Å². The first-order valence-corrected chi connectivity index (χ1v) is 7.85. The fourth-order valence-electron chi connectivity index (χ4n) is 3.92. The number of esters is 1. The lowest BCUT2D eigenvalue weighted by molar-refractivity contribution is 0.0517. The minimum absolute atomic E-state index is 0.172. The van der Waals surface area contributed by atoms with Crippen molar-refractivity contribution in [1.82, 2.24) is 9.78 Å². The van der Waals surface area contributed by atoms with Crippen molar-refractivity contribution in [3.63, 3.8) is 0 Å². The van der Waals surface area contributed by atoms with Crippen molar-refractivity contribution in [3.8, 4) is 5.69 Å². The van der Waals surface area contributed by atoms with Crippen LogP contribution in [0.25, 0.3) is 5.69 Å². The van der Waals surface area contributed by atoms with Gasteiger partial charge in [-0.15, -0.1) is 0 Å². The number of carbonyl (C=O) groups excluding carboxylic acids is 1. The van der Waals surface area contributed by atoms with Crippen molar-refractivity contribution < 1.29 is 18.3 Å². The van der Waals surface area contributed by atoms with Crippen LogP contribution in [0.3, 0.4) is 0 Å². The second kappa shape index (κ2) is 5.15. The van der Waals surface area contributed by atoms with E-state index in [2.05, 4.69) is 5.10 Å². The third kappa shape index (κ3) is 2.08. The third-order valence-electron chi connectivity index (χ3n) is 4.79. The van der Waals surface area contributed by atoms with E-state index in [1.165, 1.54) is 16.8 Å². The monoisotopic (exact) mass is 318 g/mol. The Bertz CT molecular complexity index is 800. The molecule has 2 aliphatic carbocycles. The van der Waals surface area contributed by atoms with Gasteiger partial charge in [-0.1, -0.05) is 0 Å². The van der Waals surface area contributed by atoms with Gasteiger partial charge in [0.15, 0.2) is 11.5 Å². The van der Waals surface area contributed by atoms with Crippen molar-refractivity contribution in [2.75, 3.05) is 6.61 Å². The molecule has 120 valence electrons. The highest BCUT2D eigenvalue weighted by atomic mass is 19.1. The molecule has 6 heteroatoms. The Balaban J connectivity index is 1.90. The van der Waals surface area contributed by atoms with Gasteiger partial charge in [0.25, 0.3) is 0 Å². The number of nitrogens with zero attached hydrogens (tertiary/aromatic N) is 2. The zero-order valence-electron chi connectivity index (χ0n) is 12.7. The SMILES string of the molecule is CCOC(=O)c1nn(-c2ccc(F)cc2F)c2c1C1CCC2C1. The van der Waals surface area contributed by atoms with Crippen molar-refractivity contribution in [2.45, 2.75) is 38.0 Å². The molecule has 0 radical (unpaired) electrons. The van der Waals surface area contributed by atoms with Gasteiger partial charge in [-0.05, 0) is 44.2 Å². The highest BCUT2D eigenvalue weighted by Gasteiger charge is 2.44. The third-order valence-corrected chi connectivity index (χ3v) is 4.79. The predicted molar refractivity (Wildman–Crippen MR) is 78.8 cm³/mol. The smallest absolute Gasteiger partial charge is 0.359 e. The van der Waals surface area contributed by atoms with Crippen LogP contribution in [0.5, 0.6) is 0 Å². The average molecular weight is 318 g/mol. The summed E-state index contributed by atoms with van der Waals surface area (Å²) in [5.41, 5.74) is 2.22. The second-order valence-corrected chi connectivity index (χ2v) is 6.08. The van der Waals surface area contributed by atoms with E-state index >= 15 is 0 Å². The van der Waals surface area contributed by atoms with Gasteiger partial charge >= 0.3 is 5.97 Å². The number of benzene rings is 1. The van der Waals surface area contributed by atoms with E-state index in [9.17, 15) is 13.6 Å². The Hall–Kier alpha value is -2.24. The van der Waals surface area contributed by atoms with Gasteiger partial charge in [0, 0.05) is 17.5 Å². The molecule has 0 amide bonds. The first kappa shape index (κ1) is 14.4. The Morgan fingerprint density at radius 3 is 2.87 bits per heavy atom. The maximum atomic E-state index is 14.2. The van der Waals surface area contributed by atoms with E-state index in [0.29, 0.717) is 0 Å². The van der Waals surface area contributed by atoms with Gasteiger partial charge in [0.05, 0.1) is 12.3 Å². The first-order chi connectivity index (χ1) is 11.1. The number of carbonyl (C=O) groups is 1. The molecular formula is C17H16F2N2O2. The van der Waals surface area contributed by atoms with Crippen LogP contribution in [0.1, 0.15) is 59.8 Å². The Labute approximate surface area is 132 Å². The molecule has 2 bridgehead atoms. The molecule has 1 aromatic carbocycles. The number of ether oxygens (including phenoxy) is 1. The second-order valence-electron chi connectivity index (χ2n) is 6.08. The van der Waals surface area contributed by atoms with E-state index in [0.717, 1.165) is 36.6 Å². The first-order valence-electron chi connectivity index (χ1n) is 7.85. The number of fused-ring (bicyclic) bond motifs is 5. The van der Waals surface area contributed by atoms with Gasteiger partial charge in [0.2, 0.25) is 0 Å². The normalized spacial score (nSPS) is 21.5. The van der Waals surface area contributed by atoms with Crippen molar-refractivity contribution in [2.24, 2.45) is 0 Å². The van der Waals surface area contributed by atoms with Gasteiger partial charge in [-0.2, -0.15) is 5.10 Å². The van der Waals surface area contributed by atoms with Crippen LogP contribution in [0.4, 0.5) is 8.78 Å². The lowest BCUT2D eigenvalue weighted by atomic mass is 9.95.